The van der Waals surface area contributed by atoms with Crippen molar-refractivity contribution in [3.63, 3.8) is 0 Å². The quantitative estimate of drug-likeness (QED) is 0.783. The number of hydrogen-bond acceptors (Lipinski definition) is 4. The average Bonchev–Trinajstić information content (AvgIpc) is 2.86. The number of aliphatic hydroxyl groups excluding tert-OH is 1. The Balaban J connectivity index is 1.60. The minimum Gasteiger partial charge on any atom is -0.390 e. The van der Waals surface area contributed by atoms with E-state index in [1.807, 2.05) is 18.2 Å². The van der Waals surface area contributed by atoms with Crippen LogP contribution >= 0.6 is 0 Å². The van der Waals surface area contributed by atoms with Crippen molar-refractivity contribution in [2.45, 2.75) is 50.8 Å². The van der Waals surface area contributed by atoms with Crippen molar-refractivity contribution < 1.29 is 9.90 Å². The van der Waals surface area contributed by atoms with E-state index in [1.54, 1.807) is 0 Å². The SMILES string of the molecule is O=C(N[C@@H]1CCNC[C@H]1O)c1cccc(CN2CCCCCC2)c1. The highest BCUT2D eigenvalue weighted by Crippen LogP contribution is 2.15. The van der Waals surface area contributed by atoms with Gasteiger partial charge < -0.3 is 15.7 Å². The van der Waals surface area contributed by atoms with Crippen LogP contribution in [0.3, 0.4) is 0 Å². The second-order valence-electron chi connectivity index (χ2n) is 7.03. The topological polar surface area (TPSA) is 64.6 Å². The maximum Gasteiger partial charge on any atom is 0.251 e. The van der Waals surface area contributed by atoms with Crippen LogP contribution in [0.5, 0.6) is 0 Å². The smallest absolute Gasteiger partial charge is 0.251 e. The third kappa shape index (κ3) is 4.79. The lowest BCUT2D eigenvalue weighted by atomic mass is 10.0. The van der Waals surface area contributed by atoms with E-state index >= 15 is 0 Å². The molecular weight excluding hydrogens is 302 g/mol. The summed E-state index contributed by atoms with van der Waals surface area (Å²) in [5.74, 6) is -0.0846. The predicted octanol–water partition coefficient (Wildman–Crippen LogP) is 1.52. The largest absolute Gasteiger partial charge is 0.390 e. The van der Waals surface area contributed by atoms with Gasteiger partial charge in [0.25, 0.3) is 5.91 Å². The Bertz CT molecular complexity index is 541. The number of likely N-dealkylation sites (tertiary alicyclic amines) is 1. The number of piperidine rings is 1. The highest BCUT2D eigenvalue weighted by Gasteiger charge is 2.24. The Morgan fingerprint density at radius 3 is 2.79 bits per heavy atom. The molecule has 0 bridgehead atoms. The number of nitrogens with zero attached hydrogens (tertiary/aromatic N) is 1. The Hall–Kier alpha value is -1.43. The van der Waals surface area contributed by atoms with Crippen LogP contribution in [0.25, 0.3) is 0 Å². The number of aliphatic hydroxyl groups is 1. The molecule has 3 rings (SSSR count). The summed E-state index contributed by atoms with van der Waals surface area (Å²) in [6.07, 6.45) is 5.46. The van der Waals surface area contributed by atoms with Crippen LogP contribution in [-0.2, 0) is 6.54 Å². The molecule has 24 heavy (non-hydrogen) atoms. The maximum atomic E-state index is 12.5. The molecule has 0 aliphatic carbocycles. The first-order valence-corrected chi connectivity index (χ1v) is 9.23. The lowest BCUT2D eigenvalue weighted by molar-refractivity contribution is 0.0765. The van der Waals surface area contributed by atoms with Gasteiger partial charge in [-0.2, -0.15) is 0 Å². The van der Waals surface area contributed by atoms with Gasteiger partial charge in [-0.15, -0.1) is 0 Å². The van der Waals surface area contributed by atoms with Crippen LogP contribution < -0.4 is 10.6 Å². The van der Waals surface area contributed by atoms with E-state index in [-0.39, 0.29) is 11.9 Å². The molecule has 2 aliphatic rings. The van der Waals surface area contributed by atoms with E-state index in [0.29, 0.717) is 12.1 Å². The molecule has 5 heteroatoms. The molecule has 1 aromatic rings. The molecule has 5 nitrogen and oxygen atoms in total. The van der Waals surface area contributed by atoms with Gasteiger partial charge in [0.05, 0.1) is 12.1 Å². The summed E-state index contributed by atoms with van der Waals surface area (Å²) in [6, 6.07) is 7.75. The zero-order valence-electron chi connectivity index (χ0n) is 14.3. The fourth-order valence-electron chi connectivity index (χ4n) is 3.63. The molecule has 2 saturated heterocycles. The molecule has 3 N–H and O–H groups in total. The molecule has 1 amide bonds. The number of β-amino-alcohol motifs (C(OH)–C–C–N with tert-alkyl or cyclic N) is 1. The second kappa shape index (κ2) is 8.60. The Morgan fingerprint density at radius 1 is 1.25 bits per heavy atom. The average molecular weight is 331 g/mol. The minimum absolute atomic E-state index is 0.0846. The molecular formula is C19H29N3O2. The number of amides is 1. The van der Waals surface area contributed by atoms with Crippen LogP contribution in [0, 0.1) is 0 Å². The second-order valence-corrected chi connectivity index (χ2v) is 7.03. The molecule has 2 atom stereocenters. The van der Waals surface area contributed by atoms with E-state index < -0.39 is 6.10 Å². The lowest BCUT2D eigenvalue weighted by Gasteiger charge is -2.29. The number of rotatable bonds is 4. The van der Waals surface area contributed by atoms with Gasteiger partial charge in [-0.1, -0.05) is 25.0 Å². The fourth-order valence-corrected chi connectivity index (χ4v) is 3.63. The summed E-state index contributed by atoms with van der Waals surface area (Å²) in [6.45, 7) is 4.59. The lowest BCUT2D eigenvalue weighted by Crippen LogP contribution is -2.52. The Kier molecular flexibility index (Phi) is 6.24. The number of nitrogens with one attached hydrogen (secondary N) is 2. The number of benzene rings is 1. The van der Waals surface area contributed by atoms with Gasteiger partial charge in [-0.3, -0.25) is 9.69 Å². The van der Waals surface area contributed by atoms with E-state index in [2.05, 4.69) is 21.6 Å². The van der Waals surface area contributed by atoms with E-state index in [4.69, 9.17) is 0 Å². The first kappa shape index (κ1) is 17.4. The van der Waals surface area contributed by atoms with E-state index in [1.165, 1.54) is 31.2 Å². The van der Waals surface area contributed by atoms with Crippen molar-refractivity contribution in [2.24, 2.45) is 0 Å². The van der Waals surface area contributed by atoms with Crippen LogP contribution in [0.1, 0.15) is 48.0 Å². The van der Waals surface area contributed by atoms with Crippen molar-refractivity contribution in [1.29, 1.82) is 0 Å². The van der Waals surface area contributed by atoms with Crippen molar-refractivity contribution >= 4 is 5.91 Å². The van der Waals surface area contributed by atoms with Gasteiger partial charge in [0.2, 0.25) is 0 Å². The summed E-state index contributed by atoms with van der Waals surface area (Å²) >= 11 is 0. The summed E-state index contributed by atoms with van der Waals surface area (Å²) < 4.78 is 0. The zero-order valence-corrected chi connectivity index (χ0v) is 14.3. The van der Waals surface area contributed by atoms with E-state index in [9.17, 15) is 9.90 Å². The van der Waals surface area contributed by atoms with Gasteiger partial charge in [-0.25, -0.2) is 0 Å². The molecule has 1 aromatic carbocycles. The molecule has 132 valence electrons. The molecule has 0 unspecified atom stereocenters. The monoisotopic (exact) mass is 331 g/mol. The van der Waals surface area contributed by atoms with Gasteiger partial charge in [0.1, 0.15) is 0 Å². The Labute approximate surface area is 144 Å². The van der Waals surface area contributed by atoms with Crippen molar-refractivity contribution in [3.05, 3.63) is 35.4 Å². The van der Waals surface area contributed by atoms with Crippen LogP contribution in [0.15, 0.2) is 24.3 Å². The van der Waals surface area contributed by atoms with Crippen molar-refractivity contribution in [3.8, 4) is 0 Å². The number of hydrogen-bond donors (Lipinski definition) is 3. The van der Waals surface area contributed by atoms with Crippen molar-refractivity contribution in [2.75, 3.05) is 26.2 Å². The highest BCUT2D eigenvalue weighted by molar-refractivity contribution is 5.94. The molecule has 0 spiro atoms. The molecule has 0 aromatic heterocycles. The van der Waals surface area contributed by atoms with Crippen molar-refractivity contribution in [1.82, 2.24) is 15.5 Å². The molecule has 2 heterocycles. The number of carbonyl (C=O) groups is 1. The first-order valence-electron chi connectivity index (χ1n) is 9.23. The fraction of sp³-hybridized carbons (Fsp3) is 0.632. The van der Waals surface area contributed by atoms with Gasteiger partial charge in [-0.05, 0) is 56.6 Å². The Morgan fingerprint density at radius 2 is 2.04 bits per heavy atom. The number of carbonyl (C=O) groups excluding carboxylic acids is 1. The van der Waals surface area contributed by atoms with Gasteiger partial charge in [0.15, 0.2) is 0 Å². The predicted molar refractivity (Wildman–Crippen MR) is 94.9 cm³/mol. The molecule has 2 fully saturated rings. The molecule has 0 radical (unpaired) electrons. The van der Waals surface area contributed by atoms with Crippen LogP contribution in [-0.4, -0.2) is 54.2 Å². The van der Waals surface area contributed by atoms with Gasteiger partial charge in [0, 0.05) is 18.7 Å². The minimum atomic E-state index is -0.511. The molecule has 0 saturated carbocycles. The summed E-state index contributed by atoms with van der Waals surface area (Å²) in [5.41, 5.74) is 1.88. The zero-order chi connectivity index (χ0) is 16.8. The summed E-state index contributed by atoms with van der Waals surface area (Å²) in [5, 5.41) is 16.1. The third-order valence-corrected chi connectivity index (χ3v) is 5.06. The highest BCUT2D eigenvalue weighted by atomic mass is 16.3. The molecule has 2 aliphatic heterocycles. The summed E-state index contributed by atoms with van der Waals surface area (Å²) in [7, 11) is 0. The van der Waals surface area contributed by atoms with E-state index in [0.717, 1.165) is 32.6 Å². The maximum absolute atomic E-state index is 12.5. The normalized spacial score (nSPS) is 25.9. The van der Waals surface area contributed by atoms with Gasteiger partial charge >= 0.3 is 0 Å². The van der Waals surface area contributed by atoms with Crippen LogP contribution in [0.2, 0.25) is 0 Å². The van der Waals surface area contributed by atoms with Crippen LogP contribution in [0.4, 0.5) is 0 Å². The first-order chi connectivity index (χ1) is 11.7. The standard InChI is InChI=1S/C19H29N3O2/c23-18-13-20-9-8-17(18)21-19(24)16-7-5-6-15(12-16)14-22-10-3-1-2-4-11-22/h5-7,12,17-18,20,23H,1-4,8-11,13-14H2,(H,21,24)/t17-,18-/m1/s1. The summed E-state index contributed by atoms with van der Waals surface area (Å²) in [4.78, 5) is 15.0. The third-order valence-electron chi connectivity index (χ3n) is 5.06.